The van der Waals surface area contributed by atoms with E-state index in [1.54, 1.807) is 6.20 Å². The molecule has 1 fully saturated rings. The molecule has 2 unspecified atom stereocenters. The lowest BCUT2D eigenvalue weighted by molar-refractivity contribution is -0.145. The fourth-order valence-corrected chi connectivity index (χ4v) is 2.86. The van der Waals surface area contributed by atoms with E-state index >= 15 is 0 Å². The van der Waals surface area contributed by atoms with Gasteiger partial charge >= 0.3 is 5.97 Å². The van der Waals surface area contributed by atoms with Gasteiger partial charge in [-0.05, 0) is 32.2 Å². The molecule has 0 aliphatic carbocycles. The maximum Gasteiger partial charge on any atom is 0.320 e. The zero-order valence-corrected chi connectivity index (χ0v) is 11.7. The molecule has 1 aliphatic heterocycles. The maximum atomic E-state index is 11.4. The number of rotatable bonds is 5. The summed E-state index contributed by atoms with van der Waals surface area (Å²) in [5, 5.41) is 9.37. The SMILES string of the molecule is CCC1CCN(CCn2ccnc2C)C(C(=O)O)C1. The molecule has 0 saturated carbocycles. The molecule has 0 spiro atoms. The van der Waals surface area contributed by atoms with Crippen molar-refractivity contribution in [2.45, 2.75) is 45.7 Å². The number of piperidine rings is 1. The van der Waals surface area contributed by atoms with Crippen LogP contribution in [0, 0.1) is 12.8 Å². The third-order valence-corrected chi connectivity index (χ3v) is 4.24. The van der Waals surface area contributed by atoms with E-state index in [2.05, 4.69) is 21.4 Å². The minimum Gasteiger partial charge on any atom is -0.480 e. The van der Waals surface area contributed by atoms with Crippen molar-refractivity contribution in [3.05, 3.63) is 18.2 Å². The minimum absolute atomic E-state index is 0.317. The molecule has 5 heteroatoms. The van der Waals surface area contributed by atoms with Crippen LogP contribution in [0.5, 0.6) is 0 Å². The summed E-state index contributed by atoms with van der Waals surface area (Å²) in [5.74, 6) is 0.864. The number of carboxylic acid groups (broad SMARTS) is 1. The molecule has 0 radical (unpaired) electrons. The second kappa shape index (κ2) is 6.19. The normalized spacial score (nSPS) is 24.5. The zero-order chi connectivity index (χ0) is 13.8. The van der Waals surface area contributed by atoms with E-state index in [9.17, 15) is 9.90 Å². The van der Waals surface area contributed by atoms with E-state index in [1.807, 2.05) is 13.1 Å². The summed E-state index contributed by atoms with van der Waals surface area (Å²) in [6, 6.07) is -0.317. The lowest BCUT2D eigenvalue weighted by atomic mass is 9.89. The summed E-state index contributed by atoms with van der Waals surface area (Å²) in [4.78, 5) is 17.7. The lowest BCUT2D eigenvalue weighted by Gasteiger charge is -2.37. The second-order valence-electron chi connectivity index (χ2n) is 5.36. The zero-order valence-electron chi connectivity index (χ0n) is 11.7. The number of hydrogen-bond donors (Lipinski definition) is 1. The van der Waals surface area contributed by atoms with Gasteiger partial charge in [-0.15, -0.1) is 0 Å². The Hall–Kier alpha value is -1.36. The maximum absolute atomic E-state index is 11.4. The van der Waals surface area contributed by atoms with Crippen molar-refractivity contribution in [2.24, 2.45) is 5.92 Å². The van der Waals surface area contributed by atoms with Crippen LogP contribution in [-0.4, -0.2) is 44.7 Å². The van der Waals surface area contributed by atoms with E-state index in [1.165, 1.54) is 0 Å². The number of likely N-dealkylation sites (tertiary alicyclic amines) is 1. The van der Waals surface area contributed by atoms with Crippen LogP contribution in [0.25, 0.3) is 0 Å². The highest BCUT2D eigenvalue weighted by Crippen LogP contribution is 2.25. The molecular formula is C14H23N3O2. The van der Waals surface area contributed by atoms with Gasteiger partial charge in [-0.25, -0.2) is 4.98 Å². The molecule has 1 aromatic rings. The molecule has 19 heavy (non-hydrogen) atoms. The first-order valence-corrected chi connectivity index (χ1v) is 7.06. The number of carbonyl (C=O) groups is 1. The molecular weight excluding hydrogens is 242 g/mol. The van der Waals surface area contributed by atoms with Crippen LogP contribution >= 0.6 is 0 Å². The number of carboxylic acids is 1. The van der Waals surface area contributed by atoms with Crippen LogP contribution in [0.1, 0.15) is 32.0 Å². The average Bonchev–Trinajstić information content (AvgIpc) is 2.81. The molecule has 1 saturated heterocycles. The van der Waals surface area contributed by atoms with Crippen LogP contribution in [0.2, 0.25) is 0 Å². The molecule has 5 nitrogen and oxygen atoms in total. The van der Waals surface area contributed by atoms with Crippen molar-refractivity contribution in [1.82, 2.24) is 14.5 Å². The smallest absolute Gasteiger partial charge is 0.320 e. The van der Waals surface area contributed by atoms with E-state index < -0.39 is 5.97 Å². The number of aromatic nitrogens is 2. The first-order chi connectivity index (χ1) is 9.11. The molecule has 0 amide bonds. The quantitative estimate of drug-likeness (QED) is 0.881. The number of imidazole rings is 1. The molecule has 1 aliphatic rings. The van der Waals surface area contributed by atoms with Gasteiger partial charge in [0.1, 0.15) is 11.9 Å². The van der Waals surface area contributed by atoms with Gasteiger partial charge in [0.05, 0.1) is 0 Å². The van der Waals surface area contributed by atoms with Crippen molar-refractivity contribution in [3.8, 4) is 0 Å². The van der Waals surface area contributed by atoms with Gasteiger partial charge < -0.3 is 9.67 Å². The summed E-state index contributed by atoms with van der Waals surface area (Å²) < 4.78 is 2.07. The van der Waals surface area contributed by atoms with E-state index in [-0.39, 0.29) is 6.04 Å². The third kappa shape index (κ3) is 3.35. The Morgan fingerprint density at radius 1 is 1.53 bits per heavy atom. The van der Waals surface area contributed by atoms with Gasteiger partial charge in [0, 0.05) is 25.5 Å². The van der Waals surface area contributed by atoms with E-state index in [4.69, 9.17) is 0 Å². The van der Waals surface area contributed by atoms with Crippen molar-refractivity contribution >= 4 is 5.97 Å². The Labute approximate surface area is 114 Å². The molecule has 0 bridgehead atoms. The molecule has 2 rings (SSSR count). The molecule has 106 valence electrons. The Bertz CT molecular complexity index is 430. The predicted octanol–water partition coefficient (Wildman–Crippen LogP) is 1.77. The number of nitrogens with zero attached hydrogens (tertiary/aromatic N) is 3. The summed E-state index contributed by atoms with van der Waals surface area (Å²) in [6.07, 6.45) is 6.72. The van der Waals surface area contributed by atoms with Gasteiger partial charge in [0.25, 0.3) is 0 Å². The van der Waals surface area contributed by atoms with Crippen molar-refractivity contribution < 1.29 is 9.90 Å². The first kappa shape index (κ1) is 14.1. The lowest BCUT2D eigenvalue weighted by Crippen LogP contribution is -2.48. The fraction of sp³-hybridized carbons (Fsp3) is 0.714. The van der Waals surface area contributed by atoms with Gasteiger partial charge in [-0.1, -0.05) is 13.3 Å². The summed E-state index contributed by atoms with van der Waals surface area (Å²) in [6.45, 7) is 6.60. The highest BCUT2D eigenvalue weighted by molar-refractivity contribution is 5.73. The molecule has 0 aromatic carbocycles. The van der Waals surface area contributed by atoms with E-state index in [0.29, 0.717) is 5.92 Å². The standard InChI is InChI=1S/C14H23N3O2/c1-3-12-4-6-17(13(10-12)14(18)19)9-8-16-7-5-15-11(16)2/h5,7,12-13H,3-4,6,8-10H2,1-2H3,(H,18,19). The first-order valence-electron chi connectivity index (χ1n) is 7.06. The second-order valence-corrected chi connectivity index (χ2v) is 5.36. The van der Waals surface area contributed by atoms with Crippen molar-refractivity contribution in [1.29, 1.82) is 0 Å². The molecule has 2 atom stereocenters. The third-order valence-electron chi connectivity index (χ3n) is 4.24. The number of aryl methyl sites for hydroxylation is 1. The van der Waals surface area contributed by atoms with Crippen LogP contribution in [0.4, 0.5) is 0 Å². The largest absolute Gasteiger partial charge is 0.480 e. The number of hydrogen-bond acceptors (Lipinski definition) is 3. The van der Waals surface area contributed by atoms with Crippen LogP contribution in [0.15, 0.2) is 12.4 Å². The summed E-state index contributed by atoms with van der Waals surface area (Å²) in [5.41, 5.74) is 0. The topological polar surface area (TPSA) is 58.4 Å². The molecule has 1 aromatic heterocycles. The molecule has 1 N–H and O–H groups in total. The van der Waals surface area contributed by atoms with Crippen molar-refractivity contribution in [2.75, 3.05) is 13.1 Å². The average molecular weight is 265 g/mol. The Balaban J connectivity index is 1.94. The van der Waals surface area contributed by atoms with Crippen LogP contribution in [-0.2, 0) is 11.3 Å². The van der Waals surface area contributed by atoms with E-state index in [0.717, 1.165) is 44.7 Å². The Morgan fingerprint density at radius 3 is 2.89 bits per heavy atom. The van der Waals surface area contributed by atoms with Gasteiger partial charge in [0.15, 0.2) is 0 Å². The highest BCUT2D eigenvalue weighted by Gasteiger charge is 2.32. The van der Waals surface area contributed by atoms with Crippen molar-refractivity contribution in [3.63, 3.8) is 0 Å². The van der Waals surface area contributed by atoms with Crippen LogP contribution in [0.3, 0.4) is 0 Å². The van der Waals surface area contributed by atoms with Gasteiger partial charge in [-0.2, -0.15) is 0 Å². The van der Waals surface area contributed by atoms with Crippen LogP contribution < -0.4 is 0 Å². The number of aliphatic carboxylic acids is 1. The Kier molecular flexibility index (Phi) is 4.58. The molecule has 2 heterocycles. The summed E-state index contributed by atoms with van der Waals surface area (Å²) >= 11 is 0. The predicted molar refractivity (Wildman–Crippen MR) is 73.0 cm³/mol. The highest BCUT2D eigenvalue weighted by atomic mass is 16.4. The Morgan fingerprint density at radius 2 is 2.32 bits per heavy atom. The monoisotopic (exact) mass is 265 g/mol. The minimum atomic E-state index is -0.680. The van der Waals surface area contributed by atoms with Gasteiger partial charge in [-0.3, -0.25) is 9.69 Å². The fourth-order valence-electron chi connectivity index (χ4n) is 2.86. The van der Waals surface area contributed by atoms with Gasteiger partial charge in [0.2, 0.25) is 0 Å². The summed E-state index contributed by atoms with van der Waals surface area (Å²) in [7, 11) is 0.